The van der Waals surface area contributed by atoms with Gasteiger partial charge < -0.3 is 15.0 Å². The summed E-state index contributed by atoms with van der Waals surface area (Å²) >= 11 is 0. The molecule has 28 heavy (non-hydrogen) atoms. The van der Waals surface area contributed by atoms with Gasteiger partial charge in [-0.3, -0.25) is 9.59 Å². The van der Waals surface area contributed by atoms with Crippen LogP contribution >= 0.6 is 0 Å². The molecule has 8 nitrogen and oxygen atoms in total. The highest BCUT2D eigenvalue weighted by molar-refractivity contribution is 6.09. The molecule has 0 saturated heterocycles. The van der Waals surface area contributed by atoms with Gasteiger partial charge in [-0.2, -0.15) is 5.10 Å². The van der Waals surface area contributed by atoms with Gasteiger partial charge in [0, 0.05) is 37.0 Å². The molecule has 8 heteroatoms. The zero-order valence-corrected chi connectivity index (χ0v) is 17.1. The molecule has 0 fully saturated rings. The third-order valence-corrected chi connectivity index (χ3v) is 4.12. The van der Waals surface area contributed by atoms with E-state index in [4.69, 9.17) is 4.74 Å². The first-order valence-corrected chi connectivity index (χ1v) is 8.80. The summed E-state index contributed by atoms with van der Waals surface area (Å²) in [6.45, 7) is 4.88. The minimum absolute atomic E-state index is 0.231. The lowest BCUT2D eigenvalue weighted by Crippen LogP contribution is -2.41. The molecule has 1 rings (SSSR count). The number of hydrazone groups is 1. The molecule has 2 atom stereocenters. The van der Waals surface area contributed by atoms with Gasteiger partial charge in [0.15, 0.2) is 5.78 Å². The number of Topliss-reactive ketones (excluding diaryl/α,β-unsaturated/α-hetero) is 1. The summed E-state index contributed by atoms with van der Waals surface area (Å²) in [5, 5.41) is 6.67. The average Bonchev–Trinajstić information content (AvgIpc) is 2.66. The van der Waals surface area contributed by atoms with Crippen LogP contribution in [0.1, 0.15) is 20.8 Å². The first kappa shape index (κ1) is 22.9. The van der Waals surface area contributed by atoms with Crippen molar-refractivity contribution in [2.75, 3.05) is 26.5 Å². The Bertz CT molecular complexity index is 757. The van der Waals surface area contributed by atoms with Crippen LogP contribution in [-0.2, 0) is 14.3 Å². The maximum atomic E-state index is 12.7. The standard InChI is InChI=1S/C20H28N4O4/c1-13(12-28-6)18(25)14(2)17(19(26)24(4)5)15(3)22-23-20(27)21-16-10-8-7-9-11-16/h7-12,14,17H,1-6H3,(H2,21,23,27)/b13-12+,22-15+. The number of nitrogens with zero attached hydrogens (tertiary/aromatic N) is 2. The molecule has 0 aliphatic heterocycles. The van der Waals surface area contributed by atoms with Crippen molar-refractivity contribution in [3.63, 3.8) is 0 Å². The van der Waals surface area contributed by atoms with E-state index in [1.807, 2.05) is 6.07 Å². The van der Waals surface area contributed by atoms with E-state index in [9.17, 15) is 14.4 Å². The highest BCUT2D eigenvalue weighted by Crippen LogP contribution is 2.20. The van der Waals surface area contributed by atoms with E-state index >= 15 is 0 Å². The number of ether oxygens (including phenoxy) is 1. The largest absolute Gasteiger partial charge is 0.504 e. The van der Waals surface area contributed by atoms with Crippen LogP contribution < -0.4 is 10.7 Å². The van der Waals surface area contributed by atoms with Crippen LogP contribution in [-0.4, -0.2) is 49.5 Å². The van der Waals surface area contributed by atoms with Gasteiger partial charge in [-0.15, -0.1) is 0 Å². The van der Waals surface area contributed by atoms with E-state index in [0.29, 0.717) is 17.0 Å². The number of nitrogens with one attached hydrogen (secondary N) is 2. The van der Waals surface area contributed by atoms with Crippen LogP contribution in [0.25, 0.3) is 0 Å². The van der Waals surface area contributed by atoms with Crippen molar-refractivity contribution in [2.24, 2.45) is 16.9 Å². The number of anilines is 1. The van der Waals surface area contributed by atoms with E-state index in [2.05, 4.69) is 15.8 Å². The quantitative estimate of drug-likeness (QED) is 0.309. The molecule has 2 unspecified atom stereocenters. The van der Waals surface area contributed by atoms with Crippen LogP contribution in [0.3, 0.4) is 0 Å². The molecule has 1 aromatic carbocycles. The van der Waals surface area contributed by atoms with Crippen molar-refractivity contribution in [3.05, 3.63) is 42.2 Å². The number of hydrogen-bond acceptors (Lipinski definition) is 5. The number of methoxy groups -OCH3 is 1. The monoisotopic (exact) mass is 388 g/mol. The van der Waals surface area contributed by atoms with Crippen LogP contribution in [0.5, 0.6) is 0 Å². The number of hydrogen-bond donors (Lipinski definition) is 2. The van der Waals surface area contributed by atoms with Gasteiger partial charge in [0.2, 0.25) is 5.91 Å². The Morgan fingerprint density at radius 1 is 1.14 bits per heavy atom. The van der Waals surface area contributed by atoms with Crippen LogP contribution in [0.15, 0.2) is 47.3 Å². The highest BCUT2D eigenvalue weighted by atomic mass is 16.5. The summed E-state index contributed by atoms with van der Waals surface area (Å²) in [5.74, 6) is -2.01. The molecule has 0 spiro atoms. The molecular weight excluding hydrogens is 360 g/mol. The Morgan fingerprint density at radius 2 is 1.75 bits per heavy atom. The highest BCUT2D eigenvalue weighted by Gasteiger charge is 2.34. The predicted octanol–water partition coefficient (Wildman–Crippen LogP) is 2.64. The molecule has 0 aliphatic rings. The first-order chi connectivity index (χ1) is 13.2. The van der Waals surface area contributed by atoms with Gasteiger partial charge in [0.1, 0.15) is 0 Å². The number of ketones is 1. The lowest BCUT2D eigenvalue weighted by atomic mass is 9.84. The van der Waals surface area contributed by atoms with Crippen molar-refractivity contribution in [2.45, 2.75) is 20.8 Å². The summed E-state index contributed by atoms with van der Waals surface area (Å²) in [4.78, 5) is 38.7. The number of allylic oxidation sites excluding steroid dienone is 1. The molecule has 3 amide bonds. The summed E-state index contributed by atoms with van der Waals surface area (Å²) in [6, 6.07) is 8.34. The number of urea groups is 1. The maximum Gasteiger partial charge on any atom is 0.339 e. The third kappa shape index (κ3) is 6.53. The Balaban J connectivity index is 2.98. The summed E-state index contributed by atoms with van der Waals surface area (Å²) in [5.41, 5.74) is 3.70. The average molecular weight is 388 g/mol. The number of rotatable bonds is 8. The zero-order chi connectivity index (χ0) is 21.3. The number of amides is 3. The van der Waals surface area contributed by atoms with Crippen LogP contribution in [0, 0.1) is 11.8 Å². The molecule has 0 aliphatic carbocycles. The Labute approximate surface area is 165 Å². The third-order valence-electron chi connectivity index (χ3n) is 4.12. The van der Waals surface area contributed by atoms with Gasteiger partial charge in [-0.25, -0.2) is 10.2 Å². The van der Waals surface area contributed by atoms with Gasteiger partial charge in [-0.05, 0) is 26.0 Å². The van der Waals surface area contributed by atoms with Crippen molar-refractivity contribution in [3.8, 4) is 0 Å². The smallest absolute Gasteiger partial charge is 0.339 e. The fraction of sp³-hybridized carbons (Fsp3) is 0.400. The second kappa shape index (κ2) is 10.9. The molecular formula is C20H28N4O4. The number of para-hydroxylation sites is 1. The zero-order valence-electron chi connectivity index (χ0n) is 17.1. The first-order valence-electron chi connectivity index (χ1n) is 8.80. The van der Waals surface area contributed by atoms with Gasteiger partial charge >= 0.3 is 6.03 Å². The Kier molecular flexibility index (Phi) is 8.87. The van der Waals surface area contributed by atoms with Gasteiger partial charge in [0.05, 0.1) is 19.3 Å². The number of benzene rings is 1. The van der Waals surface area contributed by atoms with E-state index < -0.39 is 17.9 Å². The Hall–Kier alpha value is -3.16. The molecule has 0 radical (unpaired) electrons. The van der Waals surface area contributed by atoms with Crippen LogP contribution in [0.2, 0.25) is 0 Å². The molecule has 0 saturated carbocycles. The summed E-state index contributed by atoms with van der Waals surface area (Å²) in [7, 11) is 4.66. The number of carbonyl (C=O) groups excluding carboxylic acids is 3. The van der Waals surface area contributed by atoms with Crippen molar-refractivity contribution >= 4 is 29.1 Å². The fourth-order valence-electron chi connectivity index (χ4n) is 2.67. The van der Waals surface area contributed by atoms with Crippen molar-refractivity contribution in [1.29, 1.82) is 0 Å². The van der Waals surface area contributed by atoms with Crippen molar-refractivity contribution in [1.82, 2.24) is 10.3 Å². The van der Waals surface area contributed by atoms with Crippen LogP contribution in [0.4, 0.5) is 10.5 Å². The molecule has 0 aromatic heterocycles. The molecule has 0 bridgehead atoms. The second-order valence-electron chi connectivity index (χ2n) is 6.58. The summed E-state index contributed by atoms with van der Waals surface area (Å²) < 4.78 is 4.88. The molecule has 152 valence electrons. The molecule has 0 heterocycles. The minimum Gasteiger partial charge on any atom is -0.504 e. The van der Waals surface area contributed by atoms with E-state index in [1.54, 1.807) is 59.1 Å². The van der Waals surface area contributed by atoms with Crippen molar-refractivity contribution < 1.29 is 19.1 Å². The topological polar surface area (TPSA) is 100 Å². The van der Waals surface area contributed by atoms with E-state index in [-0.39, 0.29) is 11.7 Å². The SMILES string of the molecule is CO/C=C(\C)C(=O)C(C)C(C(=O)N(C)C)/C(C)=N/NC(=O)Nc1ccccc1. The normalized spacial score (nSPS) is 13.9. The fourth-order valence-corrected chi connectivity index (χ4v) is 2.67. The van der Waals surface area contributed by atoms with Gasteiger partial charge in [0.25, 0.3) is 0 Å². The molecule has 1 aromatic rings. The lowest BCUT2D eigenvalue weighted by molar-refractivity contribution is -0.135. The van der Waals surface area contributed by atoms with Gasteiger partial charge in [-0.1, -0.05) is 25.1 Å². The second-order valence-corrected chi connectivity index (χ2v) is 6.58. The maximum absolute atomic E-state index is 12.7. The minimum atomic E-state index is -0.820. The van der Waals surface area contributed by atoms with E-state index in [1.165, 1.54) is 18.3 Å². The Morgan fingerprint density at radius 3 is 2.29 bits per heavy atom. The van der Waals surface area contributed by atoms with E-state index in [0.717, 1.165) is 0 Å². The summed E-state index contributed by atoms with van der Waals surface area (Å²) in [6.07, 6.45) is 1.34. The lowest BCUT2D eigenvalue weighted by Gasteiger charge is -2.25. The predicted molar refractivity (Wildman–Crippen MR) is 109 cm³/mol. The number of carbonyl (C=O) groups is 3. The molecule has 2 N–H and O–H groups in total.